The van der Waals surface area contributed by atoms with Crippen LogP contribution in [0.4, 0.5) is 14.3 Å². The van der Waals surface area contributed by atoms with Gasteiger partial charge in [-0.1, -0.05) is 11.3 Å². The maximum atomic E-state index is 13.1. The molecule has 2 N–H and O–H groups in total. The van der Waals surface area contributed by atoms with Crippen molar-refractivity contribution in [1.82, 2.24) is 20.5 Å². The molecule has 9 heteroatoms. The highest BCUT2D eigenvalue weighted by Gasteiger charge is 2.07. The van der Waals surface area contributed by atoms with Crippen molar-refractivity contribution in [3.05, 3.63) is 34.5 Å². The normalized spacial score (nSPS) is 10.7. The maximum absolute atomic E-state index is 13.1. The summed E-state index contributed by atoms with van der Waals surface area (Å²) in [7, 11) is 0. The molecule has 2 aromatic heterocycles. The highest BCUT2D eigenvalue weighted by atomic mass is 32.1. The Bertz CT molecular complexity index is 758. The van der Waals surface area contributed by atoms with Crippen LogP contribution in [0.25, 0.3) is 10.2 Å². The van der Waals surface area contributed by atoms with Crippen molar-refractivity contribution >= 4 is 44.1 Å². The average molecular weight is 323 g/mol. The molecule has 108 valence electrons. The molecule has 0 atom stereocenters. The van der Waals surface area contributed by atoms with Gasteiger partial charge in [0.2, 0.25) is 5.13 Å². The number of hydrogen-bond donors (Lipinski definition) is 2. The standard InChI is InChI=1S/C12H10FN5OS2/c13-7-1-2-9-8(5-7)16-10(21-9)3-4-14-11(19)17-12-18-15-6-20-12/h1-2,5-6H,3-4H2,(H2,14,17,18,19). The van der Waals surface area contributed by atoms with Gasteiger partial charge < -0.3 is 5.32 Å². The number of nitrogens with one attached hydrogen (secondary N) is 2. The molecule has 0 aliphatic carbocycles. The Morgan fingerprint density at radius 2 is 2.29 bits per heavy atom. The number of halogens is 1. The molecule has 2 amide bonds. The van der Waals surface area contributed by atoms with Crippen LogP contribution < -0.4 is 10.6 Å². The summed E-state index contributed by atoms with van der Waals surface area (Å²) in [5.41, 5.74) is 2.18. The first-order chi connectivity index (χ1) is 10.2. The van der Waals surface area contributed by atoms with Crippen LogP contribution in [0.15, 0.2) is 23.7 Å². The Hall–Kier alpha value is -2.13. The number of aromatic nitrogens is 3. The van der Waals surface area contributed by atoms with Crippen molar-refractivity contribution in [1.29, 1.82) is 0 Å². The predicted octanol–water partition coefficient (Wildman–Crippen LogP) is 2.65. The number of anilines is 1. The Kier molecular flexibility index (Phi) is 4.02. The van der Waals surface area contributed by atoms with Gasteiger partial charge in [0.25, 0.3) is 0 Å². The molecule has 0 saturated carbocycles. The minimum atomic E-state index is -0.334. The zero-order chi connectivity index (χ0) is 14.7. The minimum Gasteiger partial charge on any atom is -0.337 e. The fourth-order valence-electron chi connectivity index (χ4n) is 1.71. The lowest BCUT2D eigenvalue weighted by atomic mass is 10.3. The van der Waals surface area contributed by atoms with E-state index < -0.39 is 0 Å². The summed E-state index contributed by atoms with van der Waals surface area (Å²) < 4.78 is 14.0. The Balaban J connectivity index is 1.53. The molecule has 6 nitrogen and oxygen atoms in total. The molecule has 0 radical (unpaired) electrons. The number of fused-ring (bicyclic) bond motifs is 1. The second-order valence-corrected chi connectivity index (χ2v) is 6.04. The number of carbonyl (C=O) groups excluding carboxylic acids is 1. The van der Waals surface area contributed by atoms with Crippen LogP contribution in [-0.2, 0) is 6.42 Å². The molecule has 0 bridgehead atoms. The molecule has 0 saturated heterocycles. The van der Waals surface area contributed by atoms with E-state index in [1.807, 2.05) is 0 Å². The summed E-state index contributed by atoms with van der Waals surface area (Å²) in [6, 6.07) is 4.20. The van der Waals surface area contributed by atoms with Gasteiger partial charge in [0, 0.05) is 19.0 Å². The van der Waals surface area contributed by atoms with Gasteiger partial charge in [-0.2, -0.15) is 0 Å². The van der Waals surface area contributed by atoms with Crippen LogP contribution >= 0.6 is 22.7 Å². The maximum Gasteiger partial charge on any atom is 0.321 e. The van der Waals surface area contributed by atoms with E-state index in [0.717, 1.165) is 9.71 Å². The summed E-state index contributed by atoms with van der Waals surface area (Å²) in [5, 5.41) is 13.9. The van der Waals surface area contributed by atoms with Gasteiger partial charge >= 0.3 is 6.03 Å². The van der Waals surface area contributed by atoms with Crippen LogP contribution in [0.2, 0.25) is 0 Å². The number of amides is 2. The molecule has 0 aliphatic heterocycles. The quantitative estimate of drug-likeness (QED) is 0.773. The lowest BCUT2D eigenvalue weighted by Crippen LogP contribution is -2.30. The van der Waals surface area contributed by atoms with E-state index in [1.54, 1.807) is 6.07 Å². The number of urea groups is 1. The Morgan fingerprint density at radius 1 is 1.38 bits per heavy atom. The molecule has 0 aliphatic rings. The molecule has 21 heavy (non-hydrogen) atoms. The van der Waals surface area contributed by atoms with Crippen LogP contribution in [0, 0.1) is 5.82 Å². The van der Waals surface area contributed by atoms with Gasteiger partial charge in [0.1, 0.15) is 11.3 Å². The SMILES string of the molecule is O=C(NCCc1nc2cc(F)ccc2s1)Nc1nncs1. The van der Waals surface area contributed by atoms with Crippen molar-refractivity contribution in [2.75, 3.05) is 11.9 Å². The number of hydrogen-bond acceptors (Lipinski definition) is 6. The van der Waals surface area contributed by atoms with E-state index in [4.69, 9.17) is 0 Å². The summed E-state index contributed by atoms with van der Waals surface area (Å²) >= 11 is 2.74. The van der Waals surface area contributed by atoms with Crippen LogP contribution in [0.3, 0.4) is 0 Å². The molecule has 0 fully saturated rings. The van der Waals surface area contributed by atoms with Crippen molar-refractivity contribution in [3.63, 3.8) is 0 Å². The zero-order valence-electron chi connectivity index (χ0n) is 10.7. The van der Waals surface area contributed by atoms with E-state index in [9.17, 15) is 9.18 Å². The average Bonchev–Trinajstić information content (AvgIpc) is 3.07. The van der Waals surface area contributed by atoms with Crippen molar-refractivity contribution in [3.8, 4) is 0 Å². The highest BCUT2D eigenvalue weighted by Crippen LogP contribution is 2.22. The van der Waals surface area contributed by atoms with E-state index in [-0.39, 0.29) is 11.8 Å². The summed E-state index contributed by atoms with van der Waals surface area (Å²) in [6.07, 6.45) is 0.588. The van der Waals surface area contributed by atoms with Gasteiger partial charge in [0.05, 0.1) is 15.2 Å². The molecule has 3 aromatic rings. The lowest BCUT2D eigenvalue weighted by molar-refractivity contribution is 0.252. The second-order valence-electron chi connectivity index (χ2n) is 4.09. The highest BCUT2D eigenvalue weighted by molar-refractivity contribution is 7.18. The van der Waals surface area contributed by atoms with Crippen LogP contribution in [-0.4, -0.2) is 27.8 Å². The summed E-state index contributed by atoms with van der Waals surface area (Å²) in [5.74, 6) is -0.297. The molecule has 2 heterocycles. The van der Waals surface area contributed by atoms with Gasteiger partial charge in [-0.25, -0.2) is 14.2 Å². The third-order valence-corrected chi connectivity index (χ3v) is 4.30. The molecule has 3 rings (SSSR count). The smallest absolute Gasteiger partial charge is 0.321 e. The number of thiazole rings is 1. The monoisotopic (exact) mass is 323 g/mol. The van der Waals surface area contributed by atoms with Gasteiger partial charge in [-0.15, -0.1) is 21.5 Å². The van der Waals surface area contributed by atoms with Crippen molar-refractivity contribution in [2.45, 2.75) is 6.42 Å². The second kappa shape index (κ2) is 6.10. The molecule has 0 spiro atoms. The largest absolute Gasteiger partial charge is 0.337 e. The number of carbonyl (C=O) groups is 1. The fraction of sp³-hybridized carbons (Fsp3) is 0.167. The fourth-order valence-corrected chi connectivity index (χ4v) is 3.09. The van der Waals surface area contributed by atoms with E-state index in [1.165, 1.54) is 40.3 Å². The number of benzene rings is 1. The van der Waals surface area contributed by atoms with Crippen LogP contribution in [0.1, 0.15) is 5.01 Å². The van der Waals surface area contributed by atoms with Gasteiger partial charge in [-0.05, 0) is 12.1 Å². The summed E-state index contributed by atoms with van der Waals surface area (Å²) in [6.45, 7) is 0.437. The Morgan fingerprint density at radius 3 is 3.10 bits per heavy atom. The first-order valence-corrected chi connectivity index (χ1v) is 7.76. The molecule has 1 aromatic carbocycles. The van der Waals surface area contributed by atoms with E-state index in [0.29, 0.717) is 23.6 Å². The molecular weight excluding hydrogens is 313 g/mol. The van der Waals surface area contributed by atoms with Crippen molar-refractivity contribution < 1.29 is 9.18 Å². The Labute approximate surface area is 127 Å². The van der Waals surface area contributed by atoms with Gasteiger partial charge in [-0.3, -0.25) is 5.32 Å². The van der Waals surface area contributed by atoms with Crippen LogP contribution in [0.5, 0.6) is 0 Å². The summed E-state index contributed by atoms with van der Waals surface area (Å²) in [4.78, 5) is 15.9. The van der Waals surface area contributed by atoms with Crippen molar-refractivity contribution in [2.24, 2.45) is 0 Å². The van der Waals surface area contributed by atoms with E-state index >= 15 is 0 Å². The molecular formula is C12H10FN5OS2. The van der Waals surface area contributed by atoms with Gasteiger partial charge in [0.15, 0.2) is 0 Å². The zero-order valence-corrected chi connectivity index (χ0v) is 12.3. The minimum absolute atomic E-state index is 0.297. The number of rotatable bonds is 4. The lowest BCUT2D eigenvalue weighted by Gasteiger charge is -2.03. The predicted molar refractivity (Wildman–Crippen MR) is 80.2 cm³/mol. The first kappa shape index (κ1) is 13.8. The third kappa shape index (κ3) is 3.50. The number of nitrogens with zero attached hydrogens (tertiary/aromatic N) is 3. The first-order valence-electron chi connectivity index (χ1n) is 6.07. The topological polar surface area (TPSA) is 79.8 Å². The third-order valence-electron chi connectivity index (χ3n) is 2.60. The molecule has 0 unspecified atom stereocenters. The van der Waals surface area contributed by atoms with E-state index in [2.05, 4.69) is 25.8 Å².